The number of ether oxygens (including phenoxy) is 1. The molecular formula is C23H27NO5S. The zero-order chi connectivity index (χ0) is 21.7. The minimum atomic E-state index is -3.57. The highest BCUT2D eigenvalue weighted by atomic mass is 32.2. The first-order valence-electron chi connectivity index (χ1n) is 10.2. The molecule has 0 atom stereocenters. The highest BCUT2D eigenvalue weighted by Gasteiger charge is 2.25. The van der Waals surface area contributed by atoms with Crippen LogP contribution in [0.5, 0.6) is 0 Å². The average molecular weight is 430 g/mol. The number of sulfonamides is 1. The summed E-state index contributed by atoms with van der Waals surface area (Å²) < 4.78 is 32.3. The van der Waals surface area contributed by atoms with Gasteiger partial charge in [0.2, 0.25) is 10.0 Å². The van der Waals surface area contributed by atoms with Gasteiger partial charge in [0.15, 0.2) is 12.4 Å². The second-order valence-electron chi connectivity index (χ2n) is 7.64. The van der Waals surface area contributed by atoms with Crippen LogP contribution < -0.4 is 0 Å². The van der Waals surface area contributed by atoms with Crippen LogP contribution in [0.25, 0.3) is 0 Å². The van der Waals surface area contributed by atoms with Crippen molar-refractivity contribution in [3.63, 3.8) is 0 Å². The molecule has 1 aliphatic heterocycles. The molecule has 1 saturated heterocycles. The molecule has 1 aliphatic rings. The van der Waals surface area contributed by atoms with Crippen molar-refractivity contribution in [1.29, 1.82) is 0 Å². The molecule has 6 nitrogen and oxygen atoms in total. The number of rotatable bonds is 6. The van der Waals surface area contributed by atoms with Crippen LogP contribution in [-0.4, -0.2) is 44.2 Å². The van der Waals surface area contributed by atoms with Gasteiger partial charge >= 0.3 is 5.97 Å². The van der Waals surface area contributed by atoms with Crippen molar-refractivity contribution in [2.45, 2.75) is 44.4 Å². The Morgan fingerprint density at radius 1 is 0.867 bits per heavy atom. The number of hydrogen-bond acceptors (Lipinski definition) is 5. The summed E-state index contributed by atoms with van der Waals surface area (Å²) in [6, 6.07) is 11.0. The number of benzene rings is 2. The fourth-order valence-electron chi connectivity index (χ4n) is 3.41. The van der Waals surface area contributed by atoms with E-state index in [-0.39, 0.29) is 22.8 Å². The molecule has 0 amide bonds. The number of nitrogens with zero attached hydrogens (tertiary/aromatic N) is 1. The van der Waals surface area contributed by atoms with Crippen molar-refractivity contribution in [2.75, 3.05) is 19.7 Å². The minimum Gasteiger partial charge on any atom is -0.454 e. The van der Waals surface area contributed by atoms with E-state index in [2.05, 4.69) is 0 Å². The Morgan fingerprint density at radius 3 is 2.07 bits per heavy atom. The maximum absolute atomic E-state index is 12.8. The predicted molar refractivity (Wildman–Crippen MR) is 114 cm³/mol. The normalized spacial score (nSPS) is 15.4. The van der Waals surface area contributed by atoms with Crippen molar-refractivity contribution in [3.8, 4) is 0 Å². The molecule has 3 rings (SSSR count). The van der Waals surface area contributed by atoms with E-state index in [0.29, 0.717) is 18.7 Å². The maximum atomic E-state index is 12.8. The van der Waals surface area contributed by atoms with E-state index in [4.69, 9.17) is 4.74 Å². The molecule has 160 valence electrons. The van der Waals surface area contributed by atoms with Crippen molar-refractivity contribution < 1.29 is 22.7 Å². The van der Waals surface area contributed by atoms with Crippen LogP contribution in [0.3, 0.4) is 0 Å². The zero-order valence-corrected chi connectivity index (χ0v) is 18.2. The van der Waals surface area contributed by atoms with Crippen LogP contribution in [0.15, 0.2) is 47.4 Å². The van der Waals surface area contributed by atoms with E-state index >= 15 is 0 Å². The van der Waals surface area contributed by atoms with Gasteiger partial charge in [-0.1, -0.05) is 25.0 Å². The van der Waals surface area contributed by atoms with E-state index in [1.807, 2.05) is 19.9 Å². The summed E-state index contributed by atoms with van der Waals surface area (Å²) in [7, 11) is -3.57. The standard InChI is InChI=1S/C23H27NO5S/c1-17-7-8-20(15-18(17)2)22(25)16-29-23(26)19-9-11-21(12-10-19)30(27,28)24-13-5-3-4-6-14-24/h7-12,15H,3-6,13-14,16H2,1-2H3. The van der Waals surface area contributed by atoms with E-state index in [9.17, 15) is 18.0 Å². The lowest BCUT2D eigenvalue weighted by atomic mass is 10.0. The van der Waals surface area contributed by atoms with Gasteiger partial charge in [-0.3, -0.25) is 4.79 Å². The number of Topliss-reactive ketones (excluding diaryl/α,β-unsaturated/α-hetero) is 1. The zero-order valence-electron chi connectivity index (χ0n) is 17.4. The number of hydrogen-bond donors (Lipinski definition) is 0. The van der Waals surface area contributed by atoms with Gasteiger partial charge in [-0.2, -0.15) is 4.31 Å². The molecule has 0 saturated carbocycles. The first kappa shape index (κ1) is 22.2. The second kappa shape index (κ2) is 9.53. The third kappa shape index (κ3) is 5.15. The summed E-state index contributed by atoms with van der Waals surface area (Å²) in [5, 5.41) is 0. The fraction of sp³-hybridized carbons (Fsp3) is 0.391. The second-order valence-corrected chi connectivity index (χ2v) is 9.58. The molecule has 2 aromatic rings. The Labute approximate surface area is 177 Å². The molecule has 1 heterocycles. The van der Waals surface area contributed by atoms with Gasteiger partial charge < -0.3 is 4.74 Å². The summed E-state index contributed by atoms with van der Waals surface area (Å²) in [6.07, 6.45) is 3.80. The SMILES string of the molecule is Cc1ccc(C(=O)COC(=O)c2ccc(S(=O)(=O)N3CCCCCC3)cc2)cc1C. The van der Waals surface area contributed by atoms with E-state index in [0.717, 1.165) is 36.8 Å². The quantitative estimate of drug-likeness (QED) is 0.514. The van der Waals surface area contributed by atoms with Gasteiger partial charge in [-0.15, -0.1) is 0 Å². The molecule has 0 aromatic heterocycles. The highest BCUT2D eigenvalue weighted by Crippen LogP contribution is 2.21. The monoisotopic (exact) mass is 429 g/mol. The van der Waals surface area contributed by atoms with E-state index in [1.54, 1.807) is 12.1 Å². The summed E-state index contributed by atoms with van der Waals surface area (Å²) in [5.41, 5.74) is 2.77. The summed E-state index contributed by atoms with van der Waals surface area (Å²) >= 11 is 0. The highest BCUT2D eigenvalue weighted by molar-refractivity contribution is 7.89. The Balaban J connectivity index is 1.63. The van der Waals surface area contributed by atoms with Crippen LogP contribution in [0, 0.1) is 13.8 Å². The number of carbonyl (C=O) groups is 2. The molecule has 2 aromatic carbocycles. The van der Waals surface area contributed by atoms with Crippen LogP contribution >= 0.6 is 0 Å². The van der Waals surface area contributed by atoms with Crippen LogP contribution in [0.1, 0.15) is 57.5 Å². The van der Waals surface area contributed by atoms with Gasteiger partial charge in [0.1, 0.15) is 0 Å². The van der Waals surface area contributed by atoms with Gasteiger partial charge in [-0.05, 0) is 68.1 Å². The van der Waals surface area contributed by atoms with Crippen molar-refractivity contribution in [3.05, 3.63) is 64.7 Å². The Kier molecular flexibility index (Phi) is 7.05. The number of ketones is 1. The lowest BCUT2D eigenvalue weighted by Crippen LogP contribution is -2.31. The molecule has 1 fully saturated rings. The third-order valence-electron chi connectivity index (χ3n) is 5.46. The topological polar surface area (TPSA) is 80.8 Å². The largest absolute Gasteiger partial charge is 0.454 e. The minimum absolute atomic E-state index is 0.159. The number of carbonyl (C=O) groups excluding carboxylic acids is 2. The fourth-order valence-corrected chi connectivity index (χ4v) is 4.92. The van der Waals surface area contributed by atoms with Crippen molar-refractivity contribution in [1.82, 2.24) is 4.31 Å². The van der Waals surface area contributed by atoms with Crippen LogP contribution in [0.2, 0.25) is 0 Å². The molecule has 0 radical (unpaired) electrons. The molecule has 0 aliphatic carbocycles. The Bertz CT molecular complexity index is 1020. The lowest BCUT2D eigenvalue weighted by molar-refractivity contribution is 0.0474. The summed E-state index contributed by atoms with van der Waals surface area (Å²) in [5.74, 6) is -0.947. The number of aryl methyl sites for hydroxylation is 2. The third-order valence-corrected chi connectivity index (χ3v) is 7.37. The molecule has 0 bridgehead atoms. The first-order valence-corrected chi connectivity index (χ1v) is 11.6. The molecular weight excluding hydrogens is 402 g/mol. The van der Waals surface area contributed by atoms with Gasteiger partial charge in [-0.25, -0.2) is 13.2 Å². The van der Waals surface area contributed by atoms with Crippen LogP contribution in [-0.2, 0) is 14.8 Å². The molecule has 0 spiro atoms. The van der Waals surface area contributed by atoms with Crippen molar-refractivity contribution in [2.24, 2.45) is 0 Å². The maximum Gasteiger partial charge on any atom is 0.338 e. The van der Waals surface area contributed by atoms with E-state index in [1.165, 1.54) is 28.6 Å². The first-order chi connectivity index (χ1) is 14.3. The van der Waals surface area contributed by atoms with Crippen LogP contribution in [0.4, 0.5) is 0 Å². The predicted octanol–water partition coefficient (Wildman–Crippen LogP) is 3.91. The van der Waals surface area contributed by atoms with Gasteiger partial charge in [0.25, 0.3) is 0 Å². The molecule has 0 unspecified atom stereocenters. The Hall–Kier alpha value is -2.51. The van der Waals surface area contributed by atoms with E-state index < -0.39 is 16.0 Å². The lowest BCUT2D eigenvalue weighted by Gasteiger charge is -2.19. The average Bonchev–Trinajstić information content (AvgIpc) is 3.04. The van der Waals surface area contributed by atoms with Gasteiger partial charge in [0, 0.05) is 18.7 Å². The van der Waals surface area contributed by atoms with Gasteiger partial charge in [0.05, 0.1) is 10.5 Å². The molecule has 7 heteroatoms. The smallest absolute Gasteiger partial charge is 0.338 e. The molecule has 30 heavy (non-hydrogen) atoms. The summed E-state index contributed by atoms with van der Waals surface area (Å²) in [6.45, 7) is 4.55. The summed E-state index contributed by atoms with van der Waals surface area (Å²) in [4.78, 5) is 24.7. The number of esters is 1. The Morgan fingerprint density at radius 2 is 1.47 bits per heavy atom. The molecule has 0 N–H and O–H groups in total. The van der Waals surface area contributed by atoms with Crippen molar-refractivity contribution >= 4 is 21.8 Å².